The zero-order valence-corrected chi connectivity index (χ0v) is 8.49. The molecule has 4 heteroatoms. The summed E-state index contributed by atoms with van der Waals surface area (Å²) in [6, 6.07) is 3.47. The Kier molecular flexibility index (Phi) is 2.87. The van der Waals surface area contributed by atoms with Gasteiger partial charge in [0.15, 0.2) is 18.3 Å². The zero-order chi connectivity index (χ0) is 10.7. The highest BCUT2D eigenvalue weighted by atomic mass is 16.7. The van der Waals surface area contributed by atoms with Crippen molar-refractivity contribution in [1.29, 1.82) is 0 Å². The number of rotatable bonds is 2. The van der Waals surface area contributed by atoms with Crippen LogP contribution < -0.4 is 9.47 Å². The summed E-state index contributed by atoms with van der Waals surface area (Å²) in [6.07, 6.45) is 1.53. The predicted octanol–water partition coefficient (Wildman–Crippen LogP) is 1.42. The normalized spacial score (nSPS) is 14.7. The summed E-state index contributed by atoms with van der Waals surface area (Å²) >= 11 is 0. The van der Waals surface area contributed by atoms with Gasteiger partial charge in [-0.1, -0.05) is 0 Å². The van der Waals surface area contributed by atoms with Crippen LogP contribution in [0, 0.1) is 0 Å². The maximum Gasteiger partial charge on any atom is 0.189 e. The van der Waals surface area contributed by atoms with Crippen molar-refractivity contribution in [3.8, 4) is 11.5 Å². The minimum atomic E-state index is 0.226. The first kappa shape index (κ1) is 9.98. The average Bonchev–Trinajstić information content (AvgIpc) is 2.52. The summed E-state index contributed by atoms with van der Waals surface area (Å²) in [5.74, 6) is 1.26. The smallest absolute Gasteiger partial charge is 0.189 e. The van der Waals surface area contributed by atoms with E-state index in [2.05, 4.69) is 0 Å². The molecule has 0 unspecified atom stereocenters. The van der Waals surface area contributed by atoms with E-state index < -0.39 is 0 Å². The number of ether oxygens (including phenoxy) is 3. The summed E-state index contributed by atoms with van der Waals surface area (Å²) in [4.78, 5) is 10.7. The van der Waals surface area contributed by atoms with E-state index in [1.54, 1.807) is 19.2 Å². The molecule has 4 nitrogen and oxygen atoms in total. The Labute approximate surface area is 87.8 Å². The number of fused-ring (bicyclic) bond motifs is 1. The van der Waals surface area contributed by atoms with E-state index in [1.807, 2.05) is 0 Å². The van der Waals surface area contributed by atoms with Crippen molar-refractivity contribution < 1.29 is 19.0 Å². The van der Waals surface area contributed by atoms with Crippen molar-refractivity contribution in [2.24, 2.45) is 0 Å². The topological polar surface area (TPSA) is 44.8 Å². The van der Waals surface area contributed by atoms with Gasteiger partial charge in [-0.2, -0.15) is 0 Å². The Morgan fingerprint density at radius 3 is 3.07 bits per heavy atom. The number of carbonyl (C=O) groups excluding carboxylic acids is 1. The number of benzene rings is 1. The van der Waals surface area contributed by atoms with Crippen LogP contribution in [0.15, 0.2) is 12.1 Å². The van der Waals surface area contributed by atoms with Crippen molar-refractivity contribution in [2.75, 3.05) is 20.5 Å². The lowest BCUT2D eigenvalue weighted by Gasteiger charge is -2.11. The highest BCUT2D eigenvalue weighted by molar-refractivity contribution is 5.77. The lowest BCUT2D eigenvalue weighted by molar-refractivity contribution is 0.0250. The van der Waals surface area contributed by atoms with E-state index in [-0.39, 0.29) is 6.79 Å². The van der Waals surface area contributed by atoms with Gasteiger partial charge in [0.2, 0.25) is 0 Å². The number of methoxy groups -OCH3 is 1. The Morgan fingerprint density at radius 2 is 2.33 bits per heavy atom. The molecule has 0 fully saturated rings. The SMILES string of the molecule is COc1cc(C=O)cc2c1OCOCC2. The molecule has 2 rings (SSSR count). The third-order valence-electron chi connectivity index (χ3n) is 2.31. The van der Waals surface area contributed by atoms with Gasteiger partial charge in [0, 0.05) is 11.1 Å². The molecule has 0 aliphatic carbocycles. The molecule has 0 saturated heterocycles. The van der Waals surface area contributed by atoms with Crippen LogP contribution in [0.5, 0.6) is 11.5 Å². The summed E-state index contributed by atoms with van der Waals surface area (Å²) < 4.78 is 15.8. The quantitative estimate of drug-likeness (QED) is 0.689. The van der Waals surface area contributed by atoms with Crippen LogP contribution in [0.4, 0.5) is 0 Å². The predicted molar refractivity (Wildman–Crippen MR) is 53.5 cm³/mol. The van der Waals surface area contributed by atoms with Gasteiger partial charge in [-0.25, -0.2) is 0 Å². The molecule has 1 aromatic carbocycles. The minimum Gasteiger partial charge on any atom is -0.493 e. The first-order valence-electron chi connectivity index (χ1n) is 4.72. The second kappa shape index (κ2) is 4.31. The average molecular weight is 208 g/mol. The number of aldehydes is 1. The van der Waals surface area contributed by atoms with Crippen LogP contribution in [-0.4, -0.2) is 26.8 Å². The molecule has 0 aromatic heterocycles. The van der Waals surface area contributed by atoms with Gasteiger partial charge in [0.05, 0.1) is 13.7 Å². The fourth-order valence-corrected chi connectivity index (χ4v) is 1.59. The van der Waals surface area contributed by atoms with Crippen LogP contribution in [0.2, 0.25) is 0 Å². The molecule has 0 amide bonds. The lowest BCUT2D eigenvalue weighted by Crippen LogP contribution is -2.01. The molecule has 1 aliphatic rings. The van der Waals surface area contributed by atoms with Gasteiger partial charge < -0.3 is 14.2 Å². The first-order valence-corrected chi connectivity index (χ1v) is 4.72. The third kappa shape index (κ3) is 1.94. The second-order valence-electron chi connectivity index (χ2n) is 3.25. The monoisotopic (exact) mass is 208 g/mol. The number of hydrogen-bond donors (Lipinski definition) is 0. The number of carbonyl (C=O) groups is 1. The maximum absolute atomic E-state index is 10.7. The molecule has 0 spiro atoms. The van der Waals surface area contributed by atoms with E-state index >= 15 is 0 Å². The molecule has 1 heterocycles. The number of hydrogen-bond acceptors (Lipinski definition) is 4. The maximum atomic E-state index is 10.7. The van der Waals surface area contributed by atoms with Crippen LogP contribution in [0.25, 0.3) is 0 Å². The molecular formula is C11H12O4. The third-order valence-corrected chi connectivity index (χ3v) is 2.31. The second-order valence-corrected chi connectivity index (χ2v) is 3.25. The molecule has 0 saturated carbocycles. The summed E-state index contributed by atoms with van der Waals surface area (Å²) in [6.45, 7) is 0.822. The van der Waals surface area contributed by atoms with Gasteiger partial charge in [-0.05, 0) is 18.6 Å². The van der Waals surface area contributed by atoms with Gasteiger partial charge in [0.25, 0.3) is 0 Å². The zero-order valence-electron chi connectivity index (χ0n) is 8.49. The van der Waals surface area contributed by atoms with E-state index in [9.17, 15) is 4.79 Å². The molecule has 0 N–H and O–H groups in total. The van der Waals surface area contributed by atoms with Gasteiger partial charge >= 0.3 is 0 Å². The van der Waals surface area contributed by atoms with Crippen molar-refractivity contribution >= 4 is 6.29 Å². The molecule has 0 radical (unpaired) electrons. The summed E-state index contributed by atoms with van der Waals surface area (Å²) in [5.41, 5.74) is 1.55. The molecule has 80 valence electrons. The van der Waals surface area contributed by atoms with Crippen molar-refractivity contribution in [3.63, 3.8) is 0 Å². The van der Waals surface area contributed by atoms with Gasteiger partial charge in [-0.3, -0.25) is 4.79 Å². The van der Waals surface area contributed by atoms with E-state index in [4.69, 9.17) is 14.2 Å². The van der Waals surface area contributed by atoms with Gasteiger partial charge in [0.1, 0.15) is 6.29 Å². The van der Waals surface area contributed by atoms with Crippen molar-refractivity contribution in [3.05, 3.63) is 23.3 Å². The van der Waals surface area contributed by atoms with Crippen molar-refractivity contribution in [1.82, 2.24) is 0 Å². The first-order chi connectivity index (χ1) is 7.35. The minimum absolute atomic E-state index is 0.226. The summed E-state index contributed by atoms with van der Waals surface area (Å²) in [7, 11) is 1.55. The molecule has 1 aliphatic heterocycles. The van der Waals surface area contributed by atoms with Crippen LogP contribution in [-0.2, 0) is 11.2 Å². The Morgan fingerprint density at radius 1 is 1.47 bits per heavy atom. The highest BCUT2D eigenvalue weighted by Crippen LogP contribution is 2.34. The lowest BCUT2D eigenvalue weighted by atomic mass is 10.1. The van der Waals surface area contributed by atoms with E-state index in [0.29, 0.717) is 23.7 Å². The fraction of sp³-hybridized carbons (Fsp3) is 0.364. The molecule has 15 heavy (non-hydrogen) atoms. The van der Waals surface area contributed by atoms with Gasteiger partial charge in [-0.15, -0.1) is 0 Å². The summed E-state index contributed by atoms with van der Waals surface area (Å²) in [5, 5.41) is 0. The van der Waals surface area contributed by atoms with Crippen LogP contribution in [0.3, 0.4) is 0 Å². The van der Waals surface area contributed by atoms with Crippen LogP contribution in [0.1, 0.15) is 15.9 Å². The molecule has 0 atom stereocenters. The van der Waals surface area contributed by atoms with E-state index in [0.717, 1.165) is 18.3 Å². The molecule has 0 bridgehead atoms. The Hall–Kier alpha value is -1.55. The largest absolute Gasteiger partial charge is 0.493 e. The Bertz CT molecular complexity index is 373. The molecular weight excluding hydrogens is 196 g/mol. The fourth-order valence-electron chi connectivity index (χ4n) is 1.59. The Balaban J connectivity index is 2.49. The standard InChI is InChI=1S/C11H12O4/c1-13-10-5-8(6-12)4-9-2-3-14-7-15-11(9)10/h4-6H,2-3,7H2,1H3. The molecule has 1 aromatic rings. The van der Waals surface area contributed by atoms with E-state index in [1.165, 1.54) is 0 Å². The van der Waals surface area contributed by atoms with Crippen LogP contribution >= 0.6 is 0 Å². The highest BCUT2D eigenvalue weighted by Gasteiger charge is 2.15. The van der Waals surface area contributed by atoms with Crippen molar-refractivity contribution in [2.45, 2.75) is 6.42 Å².